The lowest BCUT2D eigenvalue weighted by molar-refractivity contribution is 0.0736. The average molecular weight is 465 g/mol. The van der Waals surface area contributed by atoms with Crippen LogP contribution in [0.2, 0.25) is 0 Å². The molecule has 0 atom stereocenters. The number of carbonyl (C=O) groups is 2. The van der Waals surface area contributed by atoms with E-state index in [1.54, 1.807) is 12.4 Å². The lowest BCUT2D eigenvalue weighted by atomic mass is 9.96. The molecule has 0 saturated carbocycles. The van der Waals surface area contributed by atoms with Crippen molar-refractivity contribution in [2.45, 2.75) is 19.5 Å². The summed E-state index contributed by atoms with van der Waals surface area (Å²) in [5.41, 5.74) is 5.74. The van der Waals surface area contributed by atoms with Gasteiger partial charge < -0.3 is 15.1 Å². The van der Waals surface area contributed by atoms with E-state index < -0.39 is 0 Å². The second-order valence-electron chi connectivity index (χ2n) is 9.11. The molecular weight excluding hydrogens is 436 g/mol. The number of nitrogens with zero attached hydrogens (tertiary/aromatic N) is 3. The third kappa shape index (κ3) is 4.73. The summed E-state index contributed by atoms with van der Waals surface area (Å²) in [6.45, 7) is 1.64. The van der Waals surface area contributed by atoms with Gasteiger partial charge in [0.2, 0.25) is 0 Å². The third-order valence-electron chi connectivity index (χ3n) is 6.58. The molecular formula is C29H28N4O2. The molecule has 0 saturated heterocycles. The Hall–Kier alpha value is -4.19. The molecule has 1 aliphatic rings. The zero-order valence-corrected chi connectivity index (χ0v) is 20.0. The van der Waals surface area contributed by atoms with E-state index in [4.69, 9.17) is 0 Å². The molecule has 1 N–H and O–H groups in total. The first-order chi connectivity index (χ1) is 17.0. The van der Waals surface area contributed by atoms with Gasteiger partial charge in [0, 0.05) is 68.3 Å². The first kappa shape index (κ1) is 22.6. The van der Waals surface area contributed by atoms with Gasteiger partial charge in [-0.15, -0.1) is 0 Å². The minimum Gasteiger partial charge on any atom is -0.378 e. The summed E-state index contributed by atoms with van der Waals surface area (Å²) in [6.07, 6.45) is 4.22. The van der Waals surface area contributed by atoms with Gasteiger partial charge >= 0.3 is 0 Å². The van der Waals surface area contributed by atoms with Crippen LogP contribution in [0.25, 0.3) is 10.8 Å². The van der Waals surface area contributed by atoms with Gasteiger partial charge in [0.15, 0.2) is 0 Å². The van der Waals surface area contributed by atoms with Crippen LogP contribution in [0.4, 0.5) is 5.69 Å². The monoisotopic (exact) mass is 464 g/mol. The van der Waals surface area contributed by atoms with Crippen molar-refractivity contribution < 1.29 is 9.59 Å². The predicted octanol–water partition coefficient (Wildman–Crippen LogP) is 4.43. The van der Waals surface area contributed by atoms with Crippen LogP contribution < -0.4 is 10.2 Å². The van der Waals surface area contributed by atoms with Crippen molar-refractivity contribution in [3.8, 4) is 0 Å². The van der Waals surface area contributed by atoms with Gasteiger partial charge in [-0.2, -0.15) is 0 Å². The van der Waals surface area contributed by atoms with Crippen molar-refractivity contribution in [1.29, 1.82) is 0 Å². The molecule has 3 aromatic carbocycles. The second-order valence-corrected chi connectivity index (χ2v) is 9.11. The molecule has 176 valence electrons. The van der Waals surface area contributed by atoms with Crippen molar-refractivity contribution in [1.82, 2.24) is 15.2 Å². The number of amides is 2. The van der Waals surface area contributed by atoms with E-state index in [1.807, 2.05) is 90.6 Å². The van der Waals surface area contributed by atoms with Crippen LogP contribution in [0.3, 0.4) is 0 Å². The minimum atomic E-state index is -0.0904. The van der Waals surface area contributed by atoms with Crippen LogP contribution in [0, 0.1) is 0 Å². The summed E-state index contributed by atoms with van der Waals surface area (Å²) in [4.78, 5) is 34.2. The molecule has 1 aliphatic heterocycles. The van der Waals surface area contributed by atoms with Gasteiger partial charge in [0.25, 0.3) is 11.8 Å². The first-order valence-electron chi connectivity index (χ1n) is 11.8. The molecule has 4 aromatic rings. The molecule has 0 aliphatic carbocycles. The number of rotatable bonds is 5. The first-order valence-corrected chi connectivity index (χ1v) is 11.8. The Labute approximate surface area is 205 Å². The number of carbonyl (C=O) groups excluding carboxylic acids is 2. The Morgan fingerprint density at radius 1 is 1.00 bits per heavy atom. The minimum absolute atomic E-state index is 0.0227. The number of pyridine rings is 1. The van der Waals surface area contributed by atoms with Crippen LogP contribution in [-0.2, 0) is 19.5 Å². The normalized spacial score (nSPS) is 12.8. The van der Waals surface area contributed by atoms with Crippen LogP contribution in [0.1, 0.15) is 37.4 Å². The van der Waals surface area contributed by atoms with E-state index in [-0.39, 0.29) is 11.8 Å². The van der Waals surface area contributed by atoms with Crippen molar-refractivity contribution in [2.75, 3.05) is 25.5 Å². The molecule has 2 amide bonds. The van der Waals surface area contributed by atoms with Gasteiger partial charge in [-0.25, -0.2) is 0 Å². The smallest absolute Gasteiger partial charge is 0.254 e. The number of nitrogens with one attached hydrogen (secondary N) is 1. The fourth-order valence-corrected chi connectivity index (χ4v) is 4.54. The van der Waals surface area contributed by atoms with E-state index in [0.29, 0.717) is 30.8 Å². The van der Waals surface area contributed by atoms with Crippen LogP contribution in [0.5, 0.6) is 0 Å². The number of anilines is 1. The van der Waals surface area contributed by atoms with Gasteiger partial charge in [0.05, 0.1) is 0 Å². The maximum Gasteiger partial charge on any atom is 0.254 e. The van der Waals surface area contributed by atoms with E-state index in [1.165, 1.54) is 0 Å². The highest BCUT2D eigenvalue weighted by Crippen LogP contribution is 2.25. The van der Waals surface area contributed by atoms with Gasteiger partial charge in [-0.1, -0.05) is 30.3 Å². The van der Waals surface area contributed by atoms with Crippen LogP contribution in [-0.4, -0.2) is 42.3 Å². The Morgan fingerprint density at radius 2 is 1.83 bits per heavy atom. The van der Waals surface area contributed by atoms with Crippen molar-refractivity contribution >= 4 is 28.3 Å². The maximum atomic E-state index is 13.3. The quantitative estimate of drug-likeness (QED) is 0.475. The van der Waals surface area contributed by atoms with Crippen LogP contribution in [0.15, 0.2) is 79.1 Å². The van der Waals surface area contributed by atoms with E-state index >= 15 is 0 Å². The lowest BCUT2D eigenvalue weighted by Gasteiger charge is -2.29. The third-order valence-corrected chi connectivity index (χ3v) is 6.58. The largest absolute Gasteiger partial charge is 0.378 e. The Morgan fingerprint density at radius 3 is 2.63 bits per heavy atom. The Bertz CT molecular complexity index is 1390. The highest BCUT2D eigenvalue weighted by Gasteiger charge is 2.24. The molecule has 1 aromatic heterocycles. The highest BCUT2D eigenvalue weighted by molar-refractivity contribution is 6.06. The van der Waals surface area contributed by atoms with Crippen LogP contribution >= 0.6 is 0 Å². The summed E-state index contributed by atoms with van der Waals surface area (Å²) < 4.78 is 0. The molecule has 0 bridgehead atoms. The molecule has 0 unspecified atom stereocenters. The molecule has 0 radical (unpaired) electrons. The van der Waals surface area contributed by atoms with Crippen molar-refractivity contribution in [3.63, 3.8) is 0 Å². The van der Waals surface area contributed by atoms with Crippen molar-refractivity contribution in [2.24, 2.45) is 0 Å². The maximum absolute atomic E-state index is 13.3. The highest BCUT2D eigenvalue weighted by atomic mass is 16.2. The summed E-state index contributed by atoms with van der Waals surface area (Å²) >= 11 is 0. The second kappa shape index (κ2) is 9.58. The lowest BCUT2D eigenvalue weighted by Crippen LogP contribution is -2.36. The summed E-state index contributed by atoms with van der Waals surface area (Å²) in [6, 6.07) is 21.6. The molecule has 6 heteroatoms. The molecule has 0 spiro atoms. The van der Waals surface area contributed by atoms with E-state index in [9.17, 15) is 9.59 Å². The summed E-state index contributed by atoms with van der Waals surface area (Å²) in [5.74, 6) is -0.0677. The van der Waals surface area contributed by atoms with Crippen molar-refractivity contribution in [3.05, 3.63) is 107 Å². The number of hydrogen-bond donors (Lipinski definition) is 1. The molecule has 6 nitrogen and oxygen atoms in total. The molecule has 0 fully saturated rings. The SMILES string of the molecule is CN(C)c1ccc(CNC(=O)c2ccc3c(c2)CCN(C(=O)c2cccc4cnccc24)C3)cc1. The topological polar surface area (TPSA) is 65.5 Å². The fourth-order valence-electron chi connectivity index (χ4n) is 4.54. The number of hydrogen-bond acceptors (Lipinski definition) is 4. The fraction of sp³-hybridized carbons (Fsp3) is 0.207. The van der Waals surface area contributed by atoms with Gasteiger partial charge in [-0.05, 0) is 64.9 Å². The Kier molecular flexibility index (Phi) is 6.19. The number of aromatic nitrogens is 1. The van der Waals surface area contributed by atoms with Gasteiger partial charge in [0.1, 0.15) is 0 Å². The zero-order chi connectivity index (χ0) is 24.4. The standard InChI is InChI=1S/C29H28N4O2/c1-32(2)25-10-6-20(7-11-25)17-31-28(34)22-8-9-24-19-33(15-13-21(24)16-22)29(35)27-5-3-4-23-18-30-14-12-26(23)27/h3-12,14,16,18H,13,15,17,19H2,1-2H3,(H,31,34). The number of benzene rings is 3. The molecule has 5 rings (SSSR count). The van der Waals surface area contributed by atoms with Gasteiger partial charge in [-0.3, -0.25) is 14.6 Å². The molecule has 2 heterocycles. The Balaban J connectivity index is 1.25. The van der Waals surface area contributed by atoms with E-state index in [0.717, 1.165) is 39.6 Å². The zero-order valence-electron chi connectivity index (χ0n) is 20.0. The average Bonchev–Trinajstić information content (AvgIpc) is 2.90. The summed E-state index contributed by atoms with van der Waals surface area (Å²) in [7, 11) is 4.01. The summed E-state index contributed by atoms with van der Waals surface area (Å²) in [5, 5.41) is 4.89. The molecule has 35 heavy (non-hydrogen) atoms. The predicted molar refractivity (Wildman–Crippen MR) is 139 cm³/mol. The number of fused-ring (bicyclic) bond motifs is 2. The van der Waals surface area contributed by atoms with E-state index in [2.05, 4.69) is 10.3 Å².